The van der Waals surface area contributed by atoms with E-state index >= 15 is 0 Å². The molecule has 0 nitrogen and oxygen atoms in total. The van der Waals surface area contributed by atoms with Crippen molar-refractivity contribution < 1.29 is 0 Å². The Bertz CT molecular complexity index is 79.8. The van der Waals surface area contributed by atoms with Gasteiger partial charge in [0, 0.05) is 0 Å². The molecule has 0 aliphatic carbocycles. The largest absolute Gasteiger partial charge is 0.152 e. The van der Waals surface area contributed by atoms with Gasteiger partial charge in [-0.25, -0.2) is 0 Å². The van der Waals surface area contributed by atoms with Gasteiger partial charge in [0.1, 0.15) is 0 Å². The zero-order chi connectivity index (χ0) is 5.54. The summed E-state index contributed by atoms with van der Waals surface area (Å²) in [4.78, 5) is 0. The molecule has 0 heterocycles. The van der Waals surface area contributed by atoms with Crippen LogP contribution in [0.4, 0.5) is 0 Å². The van der Waals surface area contributed by atoms with Crippen LogP contribution in [0.5, 0.6) is 0 Å². The SMILES string of the molecule is CSCC#CCCl. The summed E-state index contributed by atoms with van der Waals surface area (Å²) in [5.74, 6) is 6.96. The third-order valence-corrected chi connectivity index (χ3v) is 0.975. The van der Waals surface area contributed by atoms with Crippen LogP contribution in [0.25, 0.3) is 0 Å². The fourth-order valence-electron chi connectivity index (χ4n) is 0.170. The van der Waals surface area contributed by atoms with E-state index in [0.717, 1.165) is 5.75 Å². The number of hydrogen-bond donors (Lipinski definition) is 0. The van der Waals surface area contributed by atoms with E-state index in [2.05, 4.69) is 11.8 Å². The molecule has 0 amide bonds. The van der Waals surface area contributed by atoms with Gasteiger partial charge in [-0.05, 0) is 6.26 Å². The van der Waals surface area contributed by atoms with E-state index in [1.807, 2.05) is 6.26 Å². The lowest BCUT2D eigenvalue weighted by molar-refractivity contribution is 1.84. The van der Waals surface area contributed by atoms with Crippen LogP contribution in [0.2, 0.25) is 0 Å². The van der Waals surface area contributed by atoms with Gasteiger partial charge in [-0.3, -0.25) is 0 Å². The smallest absolute Gasteiger partial charge is 0.0835 e. The van der Waals surface area contributed by atoms with E-state index in [-0.39, 0.29) is 0 Å². The van der Waals surface area contributed by atoms with Crippen molar-refractivity contribution in [3.63, 3.8) is 0 Å². The average Bonchev–Trinajstić information content (AvgIpc) is 1.69. The van der Waals surface area contributed by atoms with Crippen molar-refractivity contribution >= 4 is 23.4 Å². The molecule has 0 aromatic rings. The highest BCUT2D eigenvalue weighted by atomic mass is 35.5. The first-order valence-electron chi connectivity index (χ1n) is 1.92. The second-order valence-electron chi connectivity index (χ2n) is 0.920. The summed E-state index contributed by atoms with van der Waals surface area (Å²) in [5.41, 5.74) is 0. The molecule has 7 heavy (non-hydrogen) atoms. The Labute approximate surface area is 53.6 Å². The maximum Gasteiger partial charge on any atom is 0.0835 e. The quantitative estimate of drug-likeness (QED) is 0.388. The second kappa shape index (κ2) is 6.20. The van der Waals surface area contributed by atoms with Crippen LogP contribution >= 0.6 is 23.4 Å². The molecule has 0 aromatic carbocycles. The maximum absolute atomic E-state index is 5.25. The first-order valence-corrected chi connectivity index (χ1v) is 3.85. The Morgan fingerprint density at radius 3 is 2.71 bits per heavy atom. The van der Waals surface area contributed by atoms with Crippen LogP contribution in [0.1, 0.15) is 0 Å². The van der Waals surface area contributed by atoms with Crippen molar-refractivity contribution in [2.45, 2.75) is 0 Å². The molecule has 0 unspecified atom stereocenters. The number of halogens is 1. The minimum atomic E-state index is 0.459. The number of thioether (sulfide) groups is 1. The minimum absolute atomic E-state index is 0.459. The molecule has 40 valence electrons. The molecule has 0 aromatic heterocycles. The summed E-state index contributed by atoms with van der Waals surface area (Å²) in [5, 5.41) is 0. The monoisotopic (exact) mass is 134 g/mol. The first-order chi connectivity index (χ1) is 3.41. The Kier molecular flexibility index (Phi) is 6.38. The summed E-state index contributed by atoms with van der Waals surface area (Å²) in [6, 6.07) is 0. The third kappa shape index (κ3) is 6.20. The van der Waals surface area contributed by atoms with Gasteiger partial charge in [0.25, 0.3) is 0 Å². The lowest BCUT2D eigenvalue weighted by Gasteiger charge is -1.74. The molecule has 0 saturated heterocycles. The van der Waals surface area contributed by atoms with Crippen molar-refractivity contribution in [1.82, 2.24) is 0 Å². The van der Waals surface area contributed by atoms with E-state index in [9.17, 15) is 0 Å². The summed E-state index contributed by atoms with van der Waals surface area (Å²) in [6.07, 6.45) is 2.02. The standard InChI is InChI=1S/C5H7ClS/c1-7-5-3-2-4-6/h4-5H2,1H3. The van der Waals surface area contributed by atoms with Gasteiger partial charge >= 0.3 is 0 Å². The topological polar surface area (TPSA) is 0 Å². The average molecular weight is 135 g/mol. The van der Waals surface area contributed by atoms with Crippen LogP contribution in [0, 0.1) is 11.8 Å². The van der Waals surface area contributed by atoms with E-state index < -0.39 is 0 Å². The van der Waals surface area contributed by atoms with Crippen molar-refractivity contribution in [2.24, 2.45) is 0 Å². The zero-order valence-electron chi connectivity index (χ0n) is 4.20. The zero-order valence-corrected chi connectivity index (χ0v) is 5.77. The van der Waals surface area contributed by atoms with Crippen LogP contribution in [-0.4, -0.2) is 17.9 Å². The molecule has 0 N–H and O–H groups in total. The Balaban J connectivity index is 2.91. The number of rotatable bonds is 1. The van der Waals surface area contributed by atoms with E-state index in [4.69, 9.17) is 11.6 Å². The van der Waals surface area contributed by atoms with Crippen molar-refractivity contribution in [2.75, 3.05) is 17.9 Å². The maximum atomic E-state index is 5.25. The lowest BCUT2D eigenvalue weighted by atomic mass is 10.7. The molecule has 0 radical (unpaired) electrons. The fraction of sp³-hybridized carbons (Fsp3) is 0.600. The third-order valence-electron chi connectivity index (χ3n) is 0.408. The molecule has 0 spiro atoms. The highest BCUT2D eigenvalue weighted by Gasteiger charge is 1.66. The van der Waals surface area contributed by atoms with Crippen molar-refractivity contribution in [1.29, 1.82) is 0 Å². The molecular weight excluding hydrogens is 128 g/mol. The second-order valence-corrected chi connectivity index (χ2v) is 2.05. The van der Waals surface area contributed by atoms with Gasteiger partial charge in [-0.2, -0.15) is 11.8 Å². The van der Waals surface area contributed by atoms with Crippen LogP contribution in [-0.2, 0) is 0 Å². The predicted octanol–water partition coefficient (Wildman–Crippen LogP) is 1.59. The van der Waals surface area contributed by atoms with Crippen molar-refractivity contribution in [3.05, 3.63) is 0 Å². The molecule has 0 atom stereocenters. The molecule has 0 aliphatic heterocycles. The highest BCUT2D eigenvalue weighted by Crippen LogP contribution is 1.85. The Morgan fingerprint density at radius 1 is 1.57 bits per heavy atom. The summed E-state index contributed by atoms with van der Waals surface area (Å²) in [6.45, 7) is 0. The molecule has 2 heteroatoms. The van der Waals surface area contributed by atoms with Crippen LogP contribution < -0.4 is 0 Å². The summed E-state index contributed by atoms with van der Waals surface area (Å²) >= 11 is 6.96. The molecule has 0 fully saturated rings. The van der Waals surface area contributed by atoms with Gasteiger partial charge in [-0.15, -0.1) is 11.6 Å². The van der Waals surface area contributed by atoms with E-state index in [1.165, 1.54) is 0 Å². The Hall–Kier alpha value is 0.200. The van der Waals surface area contributed by atoms with Crippen LogP contribution in [0.15, 0.2) is 0 Å². The van der Waals surface area contributed by atoms with E-state index in [1.54, 1.807) is 11.8 Å². The fourth-order valence-corrected chi connectivity index (χ4v) is 0.511. The lowest BCUT2D eigenvalue weighted by Crippen LogP contribution is -1.66. The van der Waals surface area contributed by atoms with Crippen molar-refractivity contribution in [3.8, 4) is 11.8 Å². The highest BCUT2D eigenvalue weighted by molar-refractivity contribution is 7.98. The van der Waals surface area contributed by atoms with E-state index in [0.29, 0.717) is 5.88 Å². The van der Waals surface area contributed by atoms with Gasteiger partial charge < -0.3 is 0 Å². The van der Waals surface area contributed by atoms with Gasteiger partial charge in [-0.1, -0.05) is 11.8 Å². The predicted molar refractivity (Wildman–Crippen MR) is 36.9 cm³/mol. The van der Waals surface area contributed by atoms with Gasteiger partial charge in [0.2, 0.25) is 0 Å². The summed E-state index contributed by atoms with van der Waals surface area (Å²) in [7, 11) is 0. The Morgan fingerprint density at radius 2 is 2.29 bits per heavy atom. The minimum Gasteiger partial charge on any atom is -0.152 e. The molecular formula is C5H7ClS. The molecule has 0 rings (SSSR count). The normalized spacial score (nSPS) is 7.14. The number of hydrogen-bond acceptors (Lipinski definition) is 1. The van der Waals surface area contributed by atoms with Gasteiger partial charge in [0.15, 0.2) is 0 Å². The molecule has 0 aliphatic rings. The molecule has 0 bridgehead atoms. The number of alkyl halides is 1. The van der Waals surface area contributed by atoms with Gasteiger partial charge in [0.05, 0.1) is 11.6 Å². The summed E-state index contributed by atoms with van der Waals surface area (Å²) < 4.78 is 0. The first kappa shape index (κ1) is 7.20. The molecule has 0 saturated carbocycles. The van der Waals surface area contributed by atoms with Crippen LogP contribution in [0.3, 0.4) is 0 Å².